The van der Waals surface area contributed by atoms with Crippen molar-refractivity contribution in [3.8, 4) is 0 Å². The lowest BCUT2D eigenvalue weighted by atomic mass is 10.2. The molecule has 202 valence electrons. The summed E-state index contributed by atoms with van der Waals surface area (Å²) in [7, 11) is 0. The number of rotatable bonds is 4. The summed E-state index contributed by atoms with van der Waals surface area (Å²) in [4.78, 5) is 35.5. The number of carbonyl (C=O) groups is 3. The molecule has 0 fully saturated rings. The molecular formula is C23H32Cl2FN3O7. The fourth-order valence-corrected chi connectivity index (χ4v) is 2.81. The fraction of sp³-hybridized carbons (Fsp3) is 0.435. The predicted octanol–water partition coefficient (Wildman–Crippen LogP) is 5.47. The van der Waals surface area contributed by atoms with Crippen molar-refractivity contribution < 1.29 is 38.5 Å². The third kappa shape index (κ3) is 11.0. The Morgan fingerprint density at radius 1 is 1.00 bits per heavy atom. The van der Waals surface area contributed by atoms with Gasteiger partial charge < -0.3 is 31.2 Å². The summed E-state index contributed by atoms with van der Waals surface area (Å²) < 4.78 is 22.9. The van der Waals surface area contributed by atoms with Gasteiger partial charge in [0.1, 0.15) is 22.7 Å². The molecule has 0 unspecified atom stereocenters. The van der Waals surface area contributed by atoms with Crippen LogP contribution in [0.15, 0.2) is 35.5 Å². The number of carbonyl (C=O) groups excluding carboxylic acids is 2. The zero-order valence-electron chi connectivity index (χ0n) is 21.1. The van der Waals surface area contributed by atoms with E-state index in [9.17, 15) is 23.9 Å². The van der Waals surface area contributed by atoms with E-state index in [4.69, 9.17) is 49.2 Å². The number of aliphatic hydroxyl groups excluding tert-OH is 1. The van der Waals surface area contributed by atoms with E-state index in [0.717, 1.165) is 0 Å². The van der Waals surface area contributed by atoms with E-state index in [1.165, 1.54) is 12.1 Å². The summed E-state index contributed by atoms with van der Waals surface area (Å²) in [5.41, 5.74) is 8.76. The highest BCUT2D eigenvalue weighted by molar-refractivity contribution is 6.36. The number of aliphatic carboxylic acids is 1. The first-order valence-electron chi connectivity index (χ1n) is 10.5. The molecule has 0 bridgehead atoms. The minimum Gasteiger partial charge on any atom is -0.504 e. The van der Waals surface area contributed by atoms with Crippen LogP contribution in [0.3, 0.4) is 0 Å². The lowest BCUT2D eigenvalue weighted by Crippen LogP contribution is -2.45. The Morgan fingerprint density at radius 3 is 1.78 bits per heavy atom. The lowest BCUT2D eigenvalue weighted by Gasteiger charge is -2.28. The first-order chi connectivity index (χ1) is 16.2. The molecule has 1 aromatic carbocycles. The summed E-state index contributed by atoms with van der Waals surface area (Å²) in [6, 6.07) is 2.78. The van der Waals surface area contributed by atoms with Crippen LogP contribution < -0.4 is 11.5 Å². The van der Waals surface area contributed by atoms with Crippen LogP contribution in [-0.4, -0.2) is 44.5 Å². The molecular weight excluding hydrogens is 520 g/mol. The van der Waals surface area contributed by atoms with Gasteiger partial charge in [-0.1, -0.05) is 30.1 Å². The molecule has 36 heavy (non-hydrogen) atoms. The molecule has 0 saturated carbocycles. The minimum atomic E-state index is -1.53. The van der Waals surface area contributed by atoms with Gasteiger partial charge in [-0.2, -0.15) is 4.90 Å². The highest BCUT2D eigenvalue weighted by atomic mass is 35.5. The van der Waals surface area contributed by atoms with Crippen LogP contribution in [0.1, 0.15) is 54.0 Å². The molecule has 0 heterocycles. The number of ether oxygens (including phenoxy) is 2. The van der Waals surface area contributed by atoms with Crippen LogP contribution in [-0.2, 0) is 20.7 Å². The zero-order valence-corrected chi connectivity index (χ0v) is 22.6. The van der Waals surface area contributed by atoms with Crippen LogP contribution >= 0.6 is 23.2 Å². The highest BCUT2D eigenvalue weighted by Gasteiger charge is 2.34. The number of allylic oxidation sites excluding steroid dienone is 1. The van der Waals surface area contributed by atoms with Crippen molar-refractivity contribution in [1.82, 2.24) is 4.90 Å². The van der Waals surface area contributed by atoms with Crippen molar-refractivity contribution in [1.29, 1.82) is 0 Å². The van der Waals surface area contributed by atoms with E-state index in [2.05, 4.69) is 0 Å². The number of aliphatic hydroxyl groups is 1. The minimum absolute atomic E-state index is 0.139. The second-order valence-electron chi connectivity index (χ2n) is 9.15. The topological polar surface area (TPSA) is 165 Å². The summed E-state index contributed by atoms with van der Waals surface area (Å²) in [5.74, 6) is -3.65. The van der Waals surface area contributed by atoms with Crippen molar-refractivity contribution >= 4 is 41.4 Å². The number of imide groups is 1. The maximum absolute atomic E-state index is 12.8. The lowest BCUT2D eigenvalue weighted by molar-refractivity contribution is -0.132. The standard InChI is InChI=1S/C15H25N3O7.C8H7Cl2F/c1-14(2,3)24-12(22)18(13(23)25-15(4,5)6)10(17)9(19)7-8(16)11(20)21;1-2-5-6(9)3-4-7(11)8(5)10/h7,19H,16-17H2,1-6H3,(H,20,21);3-4H,2H2,1H3/b8-7-,10-9-;. The largest absolute Gasteiger partial charge is 0.504 e. The molecule has 0 aliphatic heterocycles. The Hall–Kier alpha value is -3.18. The zero-order chi connectivity index (χ0) is 28.6. The average Bonchev–Trinajstić information content (AvgIpc) is 2.69. The Kier molecular flexibility index (Phi) is 12.0. The third-order valence-corrected chi connectivity index (χ3v) is 4.45. The Balaban J connectivity index is 0.000000918. The number of nitrogens with two attached hydrogens (primary N) is 2. The van der Waals surface area contributed by atoms with Crippen LogP contribution in [0, 0.1) is 5.82 Å². The van der Waals surface area contributed by atoms with E-state index >= 15 is 0 Å². The molecule has 1 rings (SSSR count). The maximum atomic E-state index is 12.8. The number of hydrogen-bond donors (Lipinski definition) is 4. The molecule has 1 aromatic rings. The van der Waals surface area contributed by atoms with Gasteiger partial charge in [0.2, 0.25) is 0 Å². The second kappa shape index (κ2) is 13.2. The Labute approximate surface area is 219 Å². The molecule has 13 heteroatoms. The molecule has 0 aliphatic rings. The molecule has 0 spiro atoms. The number of halogens is 3. The van der Waals surface area contributed by atoms with Gasteiger partial charge in [0.15, 0.2) is 11.6 Å². The fourth-order valence-electron chi connectivity index (χ4n) is 2.18. The van der Waals surface area contributed by atoms with E-state index in [1.54, 1.807) is 41.5 Å². The van der Waals surface area contributed by atoms with E-state index in [0.29, 0.717) is 23.1 Å². The normalized spacial score (nSPS) is 12.6. The van der Waals surface area contributed by atoms with Crippen LogP contribution in [0.4, 0.5) is 14.0 Å². The third-order valence-electron chi connectivity index (χ3n) is 3.69. The summed E-state index contributed by atoms with van der Waals surface area (Å²) in [5, 5.41) is 19.3. The molecule has 0 aliphatic carbocycles. The molecule has 2 amide bonds. The first kappa shape index (κ1) is 32.8. The molecule has 0 atom stereocenters. The van der Waals surface area contributed by atoms with Crippen molar-refractivity contribution in [3.05, 3.63) is 56.9 Å². The quantitative estimate of drug-likeness (QED) is 0.164. The van der Waals surface area contributed by atoms with Crippen LogP contribution in [0.25, 0.3) is 0 Å². The predicted molar refractivity (Wildman–Crippen MR) is 134 cm³/mol. The number of carboxylic acids is 1. The van der Waals surface area contributed by atoms with E-state index in [-0.39, 0.29) is 9.92 Å². The van der Waals surface area contributed by atoms with Gasteiger partial charge in [-0.3, -0.25) is 0 Å². The molecule has 10 nitrogen and oxygen atoms in total. The number of hydrogen-bond acceptors (Lipinski definition) is 8. The van der Waals surface area contributed by atoms with Gasteiger partial charge in [-0.05, 0) is 65.7 Å². The van der Waals surface area contributed by atoms with Crippen molar-refractivity contribution in [2.24, 2.45) is 11.5 Å². The SMILES string of the molecule is CC(C)(C)OC(=O)N(C(=O)OC(C)(C)C)/C(N)=C(O)/C=C(\N)C(=O)O.CCc1c(Cl)ccc(F)c1Cl. The van der Waals surface area contributed by atoms with Crippen LogP contribution in [0.5, 0.6) is 0 Å². The van der Waals surface area contributed by atoms with Gasteiger partial charge >= 0.3 is 18.2 Å². The van der Waals surface area contributed by atoms with Crippen molar-refractivity contribution in [3.63, 3.8) is 0 Å². The summed E-state index contributed by atoms with van der Waals surface area (Å²) in [6.45, 7) is 11.2. The van der Waals surface area contributed by atoms with Gasteiger partial charge in [-0.25, -0.2) is 18.8 Å². The molecule has 6 N–H and O–H groups in total. The first-order valence-corrected chi connectivity index (χ1v) is 11.2. The molecule has 0 saturated heterocycles. The summed E-state index contributed by atoms with van der Waals surface area (Å²) >= 11 is 11.4. The highest BCUT2D eigenvalue weighted by Crippen LogP contribution is 2.27. The number of nitrogens with zero attached hydrogens (tertiary/aromatic N) is 1. The van der Waals surface area contributed by atoms with Gasteiger partial charge in [0.25, 0.3) is 0 Å². The monoisotopic (exact) mass is 551 g/mol. The van der Waals surface area contributed by atoms with E-state index in [1.807, 2.05) is 6.92 Å². The molecule has 0 radical (unpaired) electrons. The number of amides is 2. The van der Waals surface area contributed by atoms with Crippen molar-refractivity contribution in [2.75, 3.05) is 0 Å². The smallest absolute Gasteiger partial charge is 0.425 e. The number of carboxylic acid groups (broad SMARTS) is 1. The Bertz CT molecular complexity index is 1020. The average molecular weight is 552 g/mol. The summed E-state index contributed by atoms with van der Waals surface area (Å²) in [6.07, 6.45) is -1.20. The second-order valence-corrected chi connectivity index (χ2v) is 9.93. The Morgan fingerprint density at radius 2 is 1.44 bits per heavy atom. The van der Waals surface area contributed by atoms with Crippen molar-refractivity contribution in [2.45, 2.75) is 66.1 Å². The van der Waals surface area contributed by atoms with Gasteiger partial charge in [-0.15, -0.1) is 0 Å². The van der Waals surface area contributed by atoms with Gasteiger partial charge in [0, 0.05) is 11.1 Å². The van der Waals surface area contributed by atoms with Crippen LogP contribution in [0.2, 0.25) is 10.0 Å². The van der Waals surface area contributed by atoms with Gasteiger partial charge in [0.05, 0.1) is 5.02 Å². The van der Waals surface area contributed by atoms with E-state index < -0.39 is 52.5 Å². The molecule has 0 aromatic heterocycles. The number of benzene rings is 1. The maximum Gasteiger partial charge on any atom is 0.425 e.